The van der Waals surface area contributed by atoms with Crippen molar-refractivity contribution in [1.82, 2.24) is 4.98 Å². The van der Waals surface area contributed by atoms with E-state index in [-0.39, 0.29) is 12.2 Å². The van der Waals surface area contributed by atoms with Crippen LogP contribution in [0.5, 0.6) is 0 Å². The maximum Gasteiger partial charge on any atom is 0.435 e. The average Bonchev–Trinajstić information content (AvgIpc) is 2.15. The molecule has 3 nitrogen and oxygen atoms in total. The first kappa shape index (κ1) is 12.6. The zero-order valence-electron chi connectivity index (χ0n) is 7.85. The van der Waals surface area contributed by atoms with Gasteiger partial charge in [0.05, 0.1) is 11.4 Å². The van der Waals surface area contributed by atoms with Gasteiger partial charge in [-0.2, -0.15) is 13.2 Å². The second-order valence-corrected chi connectivity index (χ2v) is 2.97. The van der Waals surface area contributed by atoms with Crippen molar-refractivity contribution in [3.63, 3.8) is 0 Å². The second-order valence-electron chi connectivity index (χ2n) is 2.97. The van der Waals surface area contributed by atoms with Gasteiger partial charge in [-0.1, -0.05) is 0 Å². The lowest BCUT2D eigenvalue weighted by Gasteiger charge is -2.14. The molecule has 0 fully saturated rings. The molecule has 0 saturated carbocycles. The minimum atomic E-state index is -4.88. The molecule has 0 spiro atoms. The molecule has 0 atom stereocenters. The number of pyridine rings is 1. The first-order chi connectivity index (χ1) is 7.27. The van der Waals surface area contributed by atoms with Gasteiger partial charge in [0.1, 0.15) is 0 Å². The molecule has 1 rings (SSSR count). The molecule has 0 saturated heterocycles. The van der Waals surface area contributed by atoms with Crippen LogP contribution in [0.2, 0.25) is 0 Å². The molecular weight excluding hydrogens is 233 g/mol. The monoisotopic (exact) mass is 241 g/mol. The number of alkyl halides is 5. The summed E-state index contributed by atoms with van der Waals surface area (Å²) in [5.41, 5.74) is 6.30. The van der Waals surface area contributed by atoms with Crippen molar-refractivity contribution in [3.05, 3.63) is 23.0 Å². The summed E-state index contributed by atoms with van der Waals surface area (Å²) in [4.78, 5) is 3.10. The molecule has 0 aliphatic rings. The van der Waals surface area contributed by atoms with Gasteiger partial charge in [-0.15, -0.1) is 0 Å². The maximum absolute atomic E-state index is 12.4. The summed E-state index contributed by atoms with van der Waals surface area (Å²) >= 11 is 0. The van der Waals surface area contributed by atoms with Crippen LogP contribution in [0.1, 0.15) is 23.4 Å². The SMILES string of the molecule is NCc1cc(C(F)F)c(N)c(C(F)(F)F)n1. The molecule has 0 radical (unpaired) electrons. The number of hydrogen-bond donors (Lipinski definition) is 2. The third kappa shape index (κ3) is 2.38. The first-order valence-corrected chi connectivity index (χ1v) is 4.12. The van der Waals surface area contributed by atoms with Gasteiger partial charge in [0.2, 0.25) is 0 Å². The Morgan fingerprint density at radius 3 is 2.25 bits per heavy atom. The van der Waals surface area contributed by atoms with E-state index in [0.717, 1.165) is 6.07 Å². The number of anilines is 1. The van der Waals surface area contributed by atoms with E-state index in [9.17, 15) is 22.0 Å². The highest BCUT2D eigenvalue weighted by molar-refractivity contribution is 5.53. The number of nitrogens with zero attached hydrogens (tertiary/aromatic N) is 1. The lowest BCUT2D eigenvalue weighted by molar-refractivity contribution is -0.140. The summed E-state index contributed by atoms with van der Waals surface area (Å²) in [5, 5.41) is 0. The fourth-order valence-electron chi connectivity index (χ4n) is 1.13. The van der Waals surface area contributed by atoms with Crippen LogP contribution in [-0.2, 0) is 12.7 Å². The van der Waals surface area contributed by atoms with Crippen LogP contribution in [0.4, 0.5) is 27.6 Å². The number of nitrogens with two attached hydrogens (primary N) is 2. The van der Waals surface area contributed by atoms with Crippen molar-refractivity contribution in [2.24, 2.45) is 5.73 Å². The molecule has 90 valence electrons. The molecule has 0 amide bonds. The van der Waals surface area contributed by atoms with Crippen LogP contribution in [0.15, 0.2) is 6.07 Å². The van der Waals surface area contributed by atoms with Crippen molar-refractivity contribution in [3.8, 4) is 0 Å². The average molecular weight is 241 g/mol. The zero-order chi connectivity index (χ0) is 12.5. The molecule has 8 heteroatoms. The third-order valence-electron chi connectivity index (χ3n) is 1.86. The second kappa shape index (κ2) is 4.20. The topological polar surface area (TPSA) is 64.9 Å². The Hall–Kier alpha value is -1.44. The van der Waals surface area contributed by atoms with Gasteiger partial charge in [-0.05, 0) is 6.07 Å². The van der Waals surface area contributed by atoms with Gasteiger partial charge in [0, 0.05) is 12.1 Å². The molecule has 0 unspecified atom stereocenters. The third-order valence-corrected chi connectivity index (χ3v) is 1.86. The van der Waals surface area contributed by atoms with E-state index < -0.39 is 29.5 Å². The number of aromatic nitrogens is 1. The molecule has 4 N–H and O–H groups in total. The van der Waals surface area contributed by atoms with E-state index in [1.165, 1.54) is 0 Å². The van der Waals surface area contributed by atoms with Crippen molar-refractivity contribution in [1.29, 1.82) is 0 Å². The summed E-state index contributed by atoms with van der Waals surface area (Å²) in [5.74, 6) is 0. The minimum absolute atomic E-state index is 0.281. The van der Waals surface area contributed by atoms with E-state index in [1.807, 2.05) is 0 Å². The van der Waals surface area contributed by atoms with Crippen LogP contribution in [-0.4, -0.2) is 4.98 Å². The van der Waals surface area contributed by atoms with Crippen molar-refractivity contribution in [2.75, 3.05) is 5.73 Å². The molecular formula is C8H8F5N3. The Kier molecular flexibility index (Phi) is 3.32. The first-order valence-electron chi connectivity index (χ1n) is 4.12. The van der Waals surface area contributed by atoms with E-state index in [2.05, 4.69) is 4.98 Å². The van der Waals surface area contributed by atoms with E-state index in [4.69, 9.17) is 11.5 Å². The van der Waals surface area contributed by atoms with E-state index >= 15 is 0 Å². The molecule has 0 aromatic carbocycles. The Morgan fingerprint density at radius 1 is 1.31 bits per heavy atom. The van der Waals surface area contributed by atoms with Gasteiger partial charge >= 0.3 is 6.18 Å². The minimum Gasteiger partial charge on any atom is -0.397 e. The molecule has 0 aliphatic carbocycles. The summed E-state index contributed by atoms with van der Waals surface area (Å²) in [6.45, 7) is -0.372. The normalized spacial score (nSPS) is 12.2. The van der Waals surface area contributed by atoms with Crippen LogP contribution in [0.25, 0.3) is 0 Å². The standard InChI is InChI=1S/C8H8F5N3/c9-7(10)4-1-3(2-14)16-6(5(4)15)8(11,12)13/h1,7H,2,14-15H2. The smallest absolute Gasteiger partial charge is 0.397 e. The molecule has 1 heterocycles. The quantitative estimate of drug-likeness (QED) is 0.779. The van der Waals surface area contributed by atoms with Crippen molar-refractivity contribution < 1.29 is 22.0 Å². The van der Waals surface area contributed by atoms with Crippen LogP contribution in [0.3, 0.4) is 0 Å². The number of hydrogen-bond acceptors (Lipinski definition) is 3. The highest BCUT2D eigenvalue weighted by atomic mass is 19.4. The van der Waals surface area contributed by atoms with Crippen molar-refractivity contribution >= 4 is 5.69 Å². The Labute approximate surface area is 87.3 Å². The van der Waals surface area contributed by atoms with Gasteiger partial charge in [0.15, 0.2) is 5.69 Å². The van der Waals surface area contributed by atoms with Crippen LogP contribution in [0, 0.1) is 0 Å². The molecule has 0 bridgehead atoms. The Balaban J connectivity index is 3.44. The predicted molar refractivity (Wildman–Crippen MR) is 46.5 cm³/mol. The largest absolute Gasteiger partial charge is 0.435 e. The molecule has 1 aromatic rings. The molecule has 1 aromatic heterocycles. The Morgan fingerprint density at radius 2 is 1.88 bits per heavy atom. The van der Waals surface area contributed by atoms with Gasteiger partial charge in [-0.25, -0.2) is 13.8 Å². The lowest BCUT2D eigenvalue weighted by Crippen LogP contribution is -2.16. The zero-order valence-corrected chi connectivity index (χ0v) is 7.85. The summed E-state index contributed by atoms with van der Waals surface area (Å²) < 4.78 is 61.9. The fraction of sp³-hybridized carbons (Fsp3) is 0.375. The number of rotatable bonds is 2. The highest BCUT2D eigenvalue weighted by Crippen LogP contribution is 2.36. The molecule has 16 heavy (non-hydrogen) atoms. The lowest BCUT2D eigenvalue weighted by atomic mass is 10.1. The van der Waals surface area contributed by atoms with Crippen molar-refractivity contribution in [2.45, 2.75) is 19.1 Å². The Bertz CT molecular complexity index is 388. The van der Waals surface area contributed by atoms with E-state index in [0.29, 0.717) is 0 Å². The van der Waals surface area contributed by atoms with Gasteiger partial charge in [-0.3, -0.25) is 0 Å². The van der Waals surface area contributed by atoms with E-state index in [1.54, 1.807) is 0 Å². The summed E-state index contributed by atoms with van der Waals surface area (Å²) in [6, 6.07) is 0.773. The maximum atomic E-state index is 12.4. The summed E-state index contributed by atoms with van der Waals surface area (Å²) in [7, 11) is 0. The van der Waals surface area contributed by atoms with Gasteiger partial charge in [0.25, 0.3) is 6.43 Å². The number of nitrogen functional groups attached to an aromatic ring is 1. The fourth-order valence-corrected chi connectivity index (χ4v) is 1.13. The number of halogens is 5. The van der Waals surface area contributed by atoms with Gasteiger partial charge < -0.3 is 11.5 Å². The predicted octanol–water partition coefficient (Wildman–Crippen LogP) is 2.08. The van der Waals surface area contributed by atoms with Crippen LogP contribution < -0.4 is 11.5 Å². The molecule has 0 aliphatic heterocycles. The van der Waals surface area contributed by atoms with Crippen LogP contribution >= 0.6 is 0 Å². The highest BCUT2D eigenvalue weighted by Gasteiger charge is 2.37. The summed E-state index contributed by atoms with van der Waals surface area (Å²) in [6.07, 6.45) is -7.98.